The highest BCUT2D eigenvalue weighted by Crippen LogP contribution is 2.56. The molecule has 4 aliphatic carbocycles. The van der Waals surface area contributed by atoms with Crippen LogP contribution in [0.4, 0.5) is 0 Å². The SMILES string of the molecule is N#CC1CCCN(C2[C]3CC4CC(C3)CC2C4)C1. The van der Waals surface area contributed by atoms with Crippen molar-refractivity contribution in [2.75, 3.05) is 13.1 Å². The minimum Gasteiger partial charge on any atom is -0.298 e. The van der Waals surface area contributed by atoms with Gasteiger partial charge in [0.05, 0.1) is 12.0 Å². The Morgan fingerprint density at radius 3 is 2.56 bits per heavy atom. The molecule has 0 amide bonds. The number of hydrogen-bond acceptors (Lipinski definition) is 2. The maximum Gasteiger partial charge on any atom is 0.0669 e. The number of piperidine rings is 1. The number of hydrogen-bond donors (Lipinski definition) is 0. The van der Waals surface area contributed by atoms with Gasteiger partial charge in [0.2, 0.25) is 0 Å². The summed E-state index contributed by atoms with van der Waals surface area (Å²) in [6, 6.07) is 3.28. The Hall–Kier alpha value is -0.550. The van der Waals surface area contributed by atoms with E-state index in [0.29, 0.717) is 5.92 Å². The Balaban J connectivity index is 1.53. The maximum atomic E-state index is 9.18. The first-order chi connectivity index (χ1) is 8.83. The van der Waals surface area contributed by atoms with Crippen molar-refractivity contribution in [3.63, 3.8) is 0 Å². The van der Waals surface area contributed by atoms with Crippen LogP contribution in [0.15, 0.2) is 0 Å². The fourth-order valence-electron chi connectivity index (χ4n) is 5.53. The van der Waals surface area contributed by atoms with E-state index in [1.807, 2.05) is 5.92 Å². The summed E-state index contributed by atoms with van der Waals surface area (Å²) in [6.45, 7) is 2.30. The summed E-state index contributed by atoms with van der Waals surface area (Å²) in [4.78, 5) is 2.69. The summed E-state index contributed by atoms with van der Waals surface area (Å²) in [5.41, 5.74) is 0. The van der Waals surface area contributed by atoms with Crippen molar-refractivity contribution in [2.24, 2.45) is 23.7 Å². The topological polar surface area (TPSA) is 27.0 Å². The van der Waals surface area contributed by atoms with Gasteiger partial charge in [-0.25, -0.2) is 0 Å². The zero-order valence-corrected chi connectivity index (χ0v) is 11.1. The van der Waals surface area contributed by atoms with Crippen molar-refractivity contribution in [2.45, 2.75) is 51.0 Å². The van der Waals surface area contributed by atoms with Gasteiger partial charge in [-0.2, -0.15) is 5.26 Å². The summed E-state index contributed by atoms with van der Waals surface area (Å²) >= 11 is 0. The molecule has 2 nitrogen and oxygen atoms in total. The molecule has 0 aromatic heterocycles. The summed E-state index contributed by atoms with van der Waals surface area (Å²) in [7, 11) is 0. The summed E-state index contributed by atoms with van der Waals surface area (Å²) in [5, 5.41) is 9.18. The maximum absolute atomic E-state index is 9.18. The van der Waals surface area contributed by atoms with Crippen molar-refractivity contribution in [1.29, 1.82) is 5.26 Å². The minimum absolute atomic E-state index is 0.302. The molecule has 1 saturated heterocycles. The predicted octanol–water partition coefficient (Wildman–Crippen LogP) is 3.00. The molecule has 0 N–H and O–H groups in total. The van der Waals surface area contributed by atoms with Gasteiger partial charge in [-0.15, -0.1) is 0 Å². The van der Waals surface area contributed by atoms with E-state index >= 15 is 0 Å². The zero-order chi connectivity index (χ0) is 12.1. The summed E-state index contributed by atoms with van der Waals surface area (Å²) in [5.74, 6) is 5.19. The van der Waals surface area contributed by atoms with Crippen molar-refractivity contribution in [1.82, 2.24) is 4.90 Å². The van der Waals surface area contributed by atoms with Crippen LogP contribution in [0.25, 0.3) is 0 Å². The lowest BCUT2D eigenvalue weighted by atomic mass is 9.53. The molecule has 0 aromatic carbocycles. The van der Waals surface area contributed by atoms with E-state index in [9.17, 15) is 5.26 Å². The molecular formula is C16H23N2. The number of rotatable bonds is 1. The van der Waals surface area contributed by atoms with E-state index in [0.717, 1.165) is 36.8 Å². The van der Waals surface area contributed by atoms with E-state index in [1.54, 1.807) is 0 Å². The van der Waals surface area contributed by atoms with Crippen molar-refractivity contribution >= 4 is 0 Å². The van der Waals surface area contributed by atoms with Gasteiger partial charge in [0.15, 0.2) is 0 Å². The van der Waals surface area contributed by atoms with E-state index in [-0.39, 0.29) is 0 Å². The Kier molecular flexibility index (Phi) is 2.66. The molecule has 4 saturated carbocycles. The molecule has 2 heteroatoms. The van der Waals surface area contributed by atoms with Gasteiger partial charge >= 0.3 is 0 Å². The second kappa shape index (κ2) is 4.23. The largest absolute Gasteiger partial charge is 0.298 e. The van der Waals surface area contributed by atoms with E-state index < -0.39 is 0 Å². The third-order valence-corrected chi connectivity index (χ3v) is 5.93. The molecule has 18 heavy (non-hydrogen) atoms. The standard InChI is InChI=1S/C16H23N2/c17-9-11-2-1-3-18(10-11)16-14-5-12-4-13(7-14)8-15(16)6-12/h11-14,16H,1-8,10H2. The molecule has 5 aliphatic rings. The van der Waals surface area contributed by atoms with Crippen molar-refractivity contribution in [3.8, 4) is 6.07 Å². The van der Waals surface area contributed by atoms with Gasteiger partial charge in [-0.3, -0.25) is 4.90 Å². The molecule has 4 bridgehead atoms. The van der Waals surface area contributed by atoms with Crippen molar-refractivity contribution < 1.29 is 0 Å². The van der Waals surface area contributed by atoms with E-state index in [2.05, 4.69) is 11.0 Å². The third kappa shape index (κ3) is 1.71. The first-order valence-corrected chi connectivity index (χ1v) is 7.81. The monoisotopic (exact) mass is 243 g/mol. The molecule has 4 unspecified atom stereocenters. The molecule has 5 fully saturated rings. The van der Waals surface area contributed by atoms with Gasteiger partial charge in [0.25, 0.3) is 0 Å². The van der Waals surface area contributed by atoms with E-state index in [1.165, 1.54) is 45.1 Å². The van der Waals surface area contributed by atoms with Crippen LogP contribution in [0.5, 0.6) is 0 Å². The molecule has 0 aromatic rings. The fourth-order valence-corrected chi connectivity index (χ4v) is 5.53. The highest BCUT2D eigenvalue weighted by molar-refractivity contribution is 5.18. The molecule has 97 valence electrons. The van der Waals surface area contributed by atoms with Gasteiger partial charge in [0.1, 0.15) is 0 Å². The van der Waals surface area contributed by atoms with Crippen LogP contribution in [0.2, 0.25) is 0 Å². The fraction of sp³-hybridized carbons (Fsp3) is 0.875. The smallest absolute Gasteiger partial charge is 0.0669 e. The second-order valence-corrected chi connectivity index (χ2v) is 7.17. The van der Waals surface area contributed by atoms with Crippen LogP contribution in [0.3, 0.4) is 0 Å². The normalized spacial score (nSPS) is 48.3. The Labute approximate surface area is 110 Å². The van der Waals surface area contributed by atoms with Crippen LogP contribution in [0, 0.1) is 40.9 Å². The molecule has 1 aliphatic heterocycles. The molecule has 5 rings (SSSR count). The Morgan fingerprint density at radius 2 is 1.89 bits per heavy atom. The minimum atomic E-state index is 0.302. The average Bonchev–Trinajstić information content (AvgIpc) is 2.38. The van der Waals surface area contributed by atoms with Gasteiger partial charge in [-0.05, 0) is 75.2 Å². The lowest BCUT2D eigenvalue weighted by molar-refractivity contribution is -0.00807. The number of likely N-dealkylation sites (tertiary alicyclic amines) is 1. The van der Waals surface area contributed by atoms with Gasteiger partial charge < -0.3 is 0 Å². The lowest BCUT2D eigenvalue weighted by Crippen LogP contribution is -2.56. The first-order valence-electron chi connectivity index (χ1n) is 7.81. The predicted molar refractivity (Wildman–Crippen MR) is 70.5 cm³/mol. The quantitative estimate of drug-likeness (QED) is 0.708. The van der Waals surface area contributed by atoms with Crippen LogP contribution >= 0.6 is 0 Å². The molecular weight excluding hydrogens is 220 g/mol. The summed E-state index contributed by atoms with van der Waals surface area (Å²) in [6.07, 6.45) is 9.70. The van der Waals surface area contributed by atoms with Crippen LogP contribution in [0.1, 0.15) is 44.9 Å². The number of nitrogens with zero attached hydrogens (tertiary/aromatic N) is 2. The average molecular weight is 243 g/mol. The highest BCUT2D eigenvalue weighted by Gasteiger charge is 2.50. The van der Waals surface area contributed by atoms with Gasteiger partial charge in [-0.1, -0.05) is 0 Å². The highest BCUT2D eigenvalue weighted by atomic mass is 15.2. The first kappa shape index (κ1) is 11.3. The zero-order valence-electron chi connectivity index (χ0n) is 11.1. The lowest BCUT2D eigenvalue weighted by Gasteiger charge is -2.57. The van der Waals surface area contributed by atoms with Crippen LogP contribution < -0.4 is 0 Å². The number of nitriles is 1. The third-order valence-electron chi connectivity index (χ3n) is 5.93. The molecule has 4 atom stereocenters. The van der Waals surface area contributed by atoms with Crippen LogP contribution in [-0.2, 0) is 0 Å². The van der Waals surface area contributed by atoms with E-state index in [4.69, 9.17) is 0 Å². The molecule has 1 heterocycles. The van der Waals surface area contributed by atoms with Gasteiger partial charge in [0, 0.05) is 12.6 Å². The van der Waals surface area contributed by atoms with Crippen molar-refractivity contribution in [3.05, 3.63) is 5.92 Å². The Morgan fingerprint density at radius 1 is 1.11 bits per heavy atom. The Bertz CT molecular complexity index is 342. The molecule has 1 radical (unpaired) electrons. The van der Waals surface area contributed by atoms with Crippen LogP contribution in [-0.4, -0.2) is 24.0 Å². The second-order valence-electron chi connectivity index (χ2n) is 7.17. The molecule has 0 spiro atoms. The summed E-state index contributed by atoms with van der Waals surface area (Å²) < 4.78 is 0.